The van der Waals surface area contributed by atoms with Gasteiger partial charge in [0.05, 0.1) is 40.4 Å². The lowest BCUT2D eigenvalue weighted by atomic mass is 9.82. The first kappa shape index (κ1) is 21.3. The number of fused-ring (bicyclic) bond motifs is 1. The molecular weight excluding hydrogens is 414 g/mol. The topological polar surface area (TPSA) is 89.0 Å². The molecule has 0 radical (unpaired) electrons. The summed E-state index contributed by atoms with van der Waals surface area (Å²) in [5, 5.41) is 13.6. The van der Waals surface area contributed by atoms with Gasteiger partial charge in [-0.15, -0.1) is 11.3 Å². The number of nitrogens with zero attached hydrogens (tertiary/aromatic N) is 2. The molecule has 2 aromatic heterocycles. The van der Waals surface area contributed by atoms with Gasteiger partial charge in [-0.2, -0.15) is 0 Å². The number of carbonyl (C=O) groups excluding carboxylic acids is 1. The Labute approximate surface area is 184 Å². The van der Waals surface area contributed by atoms with E-state index >= 15 is 0 Å². The summed E-state index contributed by atoms with van der Waals surface area (Å²) in [6, 6.07) is 3.32. The van der Waals surface area contributed by atoms with Crippen molar-refractivity contribution in [2.45, 2.75) is 58.1 Å². The zero-order valence-corrected chi connectivity index (χ0v) is 18.5. The van der Waals surface area contributed by atoms with Crippen molar-refractivity contribution >= 4 is 33.9 Å². The van der Waals surface area contributed by atoms with Crippen LogP contribution in [-0.4, -0.2) is 28.1 Å². The molecule has 0 saturated heterocycles. The van der Waals surface area contributed by atoms with Crippen LogP contribution in [0.15, 0.2) is 22.1 Å². The number of aliphatic hydroxyl groups excluding tert-OH is 1. The second kappa shape index (κ2) is 8.69. The molecular formula is C23H25N3O4S. The number of rotatable bonds is 6. The predicted molar refractivity (Wildman–Crippen MR) is 119 cm³/mol. The summed E-state index contributed by atoms with van der Waals surface area (Å²) in [5.74, 6) is 0.606. The predicted octanol–water partition coefficient (Wildman–Crippen LogP) is 5.06. The summed E-state index contributed by atoms with van der Waals surface area (Å²) in [5.41, 5.74) is 3.29. The normalized spacial score (nSPS) is 15.5. The molecule has 3 aromatic rings. The first-order valence-corrected chi connectivity index (χ1v) is 11.2. The number of hydrogen-bond acceptors (Lipinski definition) is 6. The molecule has 0 bridgehead atoms. The summed E-state index contributed by atoms with van der Waals surface area (Å²) in [4.78, 5) is 22.0. The van der Waals surface area contributed by atoms with Crippen molar-refractivity contribution in [2.75, 3.05) is 6.61 Å². The van der Waals surface area contributed by atoms with Gasteiger partial charge in [0.2, 0.25) is 5.69 Å². The van der Waals surface area contributed by atoms with Crippen LogP contribution >= 0.6 is 11.3 Å². The summed E-state index contributed by atoms with van der Waals surface area (Å²) in [6.45, 7) is 11.4. The minimum atomic E-state index is -0.592. The molecule has 1 saturated carbocycles. The largest absolute Gasteiger partial charge is 0.499 e. The zero-order valence-electron chi connectivity index (χ0n) is 17.7. The van der Waals surface area contributed by atoms with E-state index in [4.69, 9.17) is 15.7 Å². The molecule has 4 rings (SSSR count). The number of aryl methyl sites for hydroxylation is 2. The van der Waals surface area contributed by atoms with Gasteiger partial charge in [-0.1, -0.05) is 19.3 Å². The number of benzene rings is 1. The first-order valence-electron chi connectivity index (χ1n) is 10.4. The van der Waals surface area contributed by atoms with Gasteiger partial charge in [-0.25, -0.2) is 9.83 Å². The molecule has 1 fully saturated rings. The molecule has 31 heavy (non-hydrogen) atoms. The fourth-order valence-electron chi connectivity index (χ4n) is 4.18. The van der Waals surface area contributed by atoms with Gasteiger partial charge in [0.25, 0.3) is 5.91 Å². The average molecular weight is 440 g/mol. The van der Waals surface area contributed by atoms with Gasteiger partial charge in [0.15, 0.2) is 0 Å². The maximum Gasteiger partial charge on any atom is 0.255 e. The number of nitrogens with one attached hydrogen (secondary N) is 1. The lowest BCUT2D eigenvalue weighted by molar-refractivity contribution is 0.0758. The lowest BCUT2D eigenvalue weighted by Gasteiger charge is -2.36. The molecule has 2 heterocycles. The molecule has 0 aliphatic heterocycles. The third-order valence-corrected chi connectivity index (χ3v) is 6.90. The molecule has 0 spiro atoms. The molecule has 0 atom stereocenters. The van der Waals surface area contributed by atoms with Crippen molar-refractivity contribution in [3.63, 3.8) is 0 Å². The van der Waals surface area contributed by atoms with Gasteiger partial charge in [0.1, 0.15) is 23.7 Å². The van der Waals surface area contributed by atoms with Gasteiger partial charge in [-0.05, 0) is 38.8 Å². The number of amides is 1. The SMILES string of the molecule is [C-]#[N+]c1cc2oc(C)c(C(=O)NC3(CO)CCCCC3)c2cc1OCc1scnc1C. The van der Waals surface area contributed by atoms with Crippen molar-refractivity contribution in [1.29, 1.82) is 0 Å². The highest BCUT2D eigenvalue weighted by atomic mass is 32.1. The Morgan fingerprint density at radius 3 is 2.77 bits per heavy atom. The van der Waals surface area contributed by atoms with E-state index in [1.807, 2.05) is 6.92 Å². The van der Waals surface area contributed by atoms with Crippen molar-refractivity contribution in [3.8, 4) is 5.75 Å². The quantitative estimate of drug-likeness (QED) is 0.524. The molecule has 8 heteroatoms. The van der Waals surface area contributed by atoms with Crippen LogP contribution in [0.5, 0.6) is 5.75 Å². The van der Waals surface area contributed by atoms with Crippen LogP contribution in [-0.2, 0) is 6.61 Å². The van der Waals surface area contributed by atoms with Crippen LogP contribution in [0, 0.1) is 20.4 Å². The highest BCUT2D eigenvalue weighted by molar-refractivity contribution is 7.09. The van der Waals surface area contributed by atoms with Gasteiger partial charge >= 0.3 is 0 Å². The molecule has 1 aliphatic carbocycles. The smallest absolute Gasteiger partial charge is 0.255 e. The molecule has 1 aromatic carbocycles. The van der Waals surface area contributed by atoms with Crippen molar-refractivity contribution in [2.24, 2.45) is 0 Å². The Balaban J connectivity index is 1.67. The third kappa shape index (κ3) is 4.16. The maximum atomic E-state index is 13.2. The van der Waals surface area contributed by atoms with Gasteiger partial charge in [-0.3, -0.25) is 4.79 Å². The van der Waals surface area contributed by atoms with Crippen LogP contribution in [0.2, 0.25) is 0 Å². The molecule has 0 unspecified atom stereocenters. The van der Waals surface area contributed by atoms with Crippen LogP contribution in [0.25, 0.3) is 15.8 Å². The average Bonchev–Trinajstić information content (AvgIpc) is 3.33. The number of thiazole rings is 1. The highest BCUT2D eigenvalue weighted by Gasteiger charge is 2.34. The van der Waals surface area contributed by atoms with Gasteiger partial charge in [0, 0.05) is 5.39 Å². The van der Waals surface area contributed by atoms with E-state index < -0.39 is 5.54 Å². The monoisotopic (exact) mass is 439 g/mol. The Hall–Kier alpha value is -2.89. The number of furan rings is 1. The minimum absolute atomic E-state index is 0.0853. The van der Waals surface area contributed by atoms with E-state index in [0.29, 0.717) is 40.3 Å². The van der Waals surface area contributed by atoms with E-state index in [1.165, 1.54) is 11.3 Å². The van der Waals surface area contributed by atoms with Crippen LogP contribution < -0.4 is 10.1 Å². The van der Waals surface area contributed by atoms with Crippen molar-refractivity contribution in [3.05, 3.63) is 51.0 Å². The van der Waals surface area contributed by atoms with Crippen molar-refractivity contribution < 1.29 is 19.1 Å². The fraction of sp³-hybridized carbons (Fsp3) is 0.435. The molecule has 1 aliphatic rings. The Kier molecular flexibility index (Phi) is 5.99. The number of aliphatic hydroxyl groups is 1. The third-order valence-electron chi connectivity index (χ3n) is 5.99. The summed E-state index contributed by atoms with van der Waals surface area (Å²) in [6.07, 6.45) is 4.60. The van der Waals surface area contributed by atoms with E-state index in [9.17, 15) is 9.90 Å². The summed E-state index contributed by atoms with van der Waals surface area (Å²) in [7, 11) is 0. The second-order valence-corrected chi connectivity index (χ2v) is 9.00. The van der Waals surface area contributed by atoms with E-state index in [2.05, 4.69) is 15.1 Å². The molecule has 2 N–H and O–H groups in total. The van der Waals surface area contributed by atoms with E-state index in [-0.39, 0.29) is 12.5 Å². The van der Waals surface area contributed by atoms with Crippen LogP contribution in [0.3, 0.4) is 0 Å². The first-order chi connectivity index (χ1) is 15.0. The molecule has 162 valence electrons. The summed E-state index contributed by atoms with van der Waals surface area (Å²) < 4.78 is 11.8. The second-order valence-electron chi connectivity index (χ2n) is 8.06. The fourth-order valence-corrected chi connectivity index (χ4v) is 4.87. The number of carbonyl (C=O) groups is 1. The number of ether oxygens (including phenoxy) is 1. The Morgan fingerprint density at radius 1 is 1.35 bits per heavy atom. The van der Waals surface area contributed by atoms with E-state index in [1.54, 1.807) is 24.6 Å². The van der Waals surface area contributed by atoms with Crippen LogP contribution in [0.4, 0.5) is 5.69 Å². The number of hydrogen-bond donors (Lipinski definition) is 2. The maximum absolute atomic E-state index is 13.2. The minimum Gasteiger partial charge on any atom is -0.499 e. The summed E-state index contributed by atoms with van der Waals surface area (Å²) >= 11 is 1.50. The molecule has 7 nitrogen and oxygen atoms in total. The lowest BCUT2D eigenvalue weighted by Crippen LogP contribution is -2.52. The van der Waals surface area contributed by atoms with E-state index in [0.717, 1.165) is 42.7 Å². The van der Waals surface area contributed by atoms with Crippen LogP contribution in [0.1, 0.15) is 58.8 Å². The molecule has 1 amide bonds. The van der Waals surface area contributed by atoms with Gasteiger partial charge < -0.3 is 19.6 Å². The Morgan fingerprint density at radius 2 is 2.13 bits per heavy atom. The Bertz CT molecular complexity index is 1150. The number of aromatic nitrogens is 1. The zero-order chi connectivity index (χ0) is 22.0. The van der Waals surface area contributed by atoms with Crippen molar-refractivity contribution in [1.82, 2.24) is 10.3 Å². The highest BCUT2D eigenvalue weighted by Crippen LogP contribution is 2.38. The standard InChI is InChI=1S/C23H25N3O4S/c1-14-20(31-13-25-14)11-29-19-9-16-18(10-17(19)24-3)30-15(2)21(16)22(28)26-23(12-27)7-5-4-6-8-23/h9-10,13,27H,4-8,11-12H2,1-2H3,(H,26,28).